The largest absolute Gasteiger partial charge is 0.464 e. The van der Waals surface area contributed by atoms with Crippen molar-refractivity contribution < 1.29 is 14.3 Å². The van der Waals surface area contributed by atoms with E-state index in [9.17, 15) is 9.59 Å². The van der Waals surface area contributed by atoms with E-state index in [1.54, 1.807) is 0 Å². The zero-order valence-corrected chi connectivity index (χ0v) is 12.1. The van der Waals surface area contributed by atoms with Crippen LogP contribution in [0.25, 0.3) is 0 Å². The fraction of sp³-hybridized carbons (Fsp3) is 0.867. The van der Waals surface area contributed by atoms with Gasteiger partial charge in [0.25, 0.3) is 0 Å². The number of esters is 1. The van der Waals surface area contributed by atoms with Gasteiger partial charge >= 0.3 is 5.97 Å². The predicted molar refractivity (Wildman–Crippen MR) is 72.3 cm³/mol. The molecule has 0 bridgehead atoms. The molecular weight excluding hydrogens is 242 g/mol. The van der Waals surface area contributed by atoms with Gasteiger partial charge in [0.15, 0.2) is 0 Å². The number of carbonyl (C=O) groups excluding carboxylic acids is 2. The Kier molecular flexibility index (Phi) is 4.48. The van der Waals surface area contributed by atoms with Gasteiger partial charge in [0.1, 0.15) is 6.04 Å². The number of hydrogen-bond donors (Lipinski definition) is 1. The second kappa shape index (κ2) is 5.93. The van der Waals surface area contributed by atoms with E-state index in [4.69, 9.17) is 4.74 Å². The van der Waals surface area contributed by atoms with Gasteiger partial charge in [0, 0.05) is 12.3 Å². The van der Waals surface area contributed by atoms with E-state index in [2.05, 4.69) is 26.1 Å². The minimum Gasteiger partial charge on any atom is -0.464 e. The molecule has 2 rings (SSSR count). The van der Waals surface area contributed by atoms with E-state index in [-0.39, 0.29) is 17.8 Å². The maximum Gasteiger partial charge on any atom is 0.328 e. The molecule has 4 heteroatoms. The molecule has 108 valence electrons. The first-order chi connectivity index (χ1) is 8.99. The molecule has 0 spiro atoms. The maximum atomic E-state index is 12.4. The first-order valence-electron chi connectivity index (χ1n) is 7.46. The van der Waals surface area contributed by atoms with Crippen molar-refractivity contribution in [2.45, 2.75) is 52.5 Å². The van der Waals surface area contributed by atoms with Gasteiger partial charge in [-0.15, -0.1) is 0 Å². The first kappa shape index (κ1) is 14.4. The molecule has 1 saturated heterocycles. The molecule has 2 aliphatic rings. The average Bonchev–Trinajstić information content (AvgIpc) is 2.74. The van der Waals surface area contributed by atoms with Crippen LogP contribution in [0.15, 0.2) is 0 Å². The molecule has 1 amide bonds. The SMILES string of the molecule is CC(C)C1CC[C@@H](C)CC1C(=O)N[C@@H]1CCOC1=O. The summed E-state index contributed by atoms with van der Waals surface area (Å²) in [6.45, 7) is 7.01. The zero-order valence-electron chi connectivity index (χ0n) is 12.1. The Labute approximate surface area is 115 Å². The number of nitrogens with one attached hydrogen (secondary N) is 1. The Morgan fingerprint density at radius 2 is 2.05 bits per heavy atom. The molecule has 2 unspecified atom stereocenters. The molecule has 0 radical (unpaired) electrons. The van der Waals surface area contributed by atoms with E-state index in [1.165, 1.54) is 6.42 Å². The number of ether oxygens (including phenoxy) is 1. The van der Waals surface area contributed by atoms with Gasteiger partial charge in [0.05, 0.1) is 6.61 Å². The fourth-order valence-corrected chi connectivity index (χ4v) is 3.41. The van der Waals surface area contributed by atoms with E-state index < -0.39 is 6.04 Å². The maximum absolute atomic E-state index is 12.4. The van der Waals surface area contributed by atoms with Crippen LogP contribution in [0, 0.1) is 23.7 Å². The monoisotopic (exact) mass is 267 g/mol. The summed E-state index contributed by atoms with van der Waals surface area (Å²) in [6, 6.07) is -0.419. The van der Waals surface area contributed by atoms with Crippen LogP contribution >= 0.6 is 0 Å². The summed E-state index contributed by atoms with van der Waals surface area (Å²) < 4.78 is 4.90. The Morgan fingerprint density at radius 1 is 1.32 bits per heavy atom. The number of hydrogen-bond acceptors (Lipinski definition) is 3. The first-order valence-corrected chi connectivity index (χ1v) is 7.46. The third-order valence-electron chi connectivity index (χ3n) is 4.61. The van der Waals surface area contributed by atoms with Gasteiger partial charge in [-0.3, -0.25) is 4.79 Å². The average molecular weight is 267 g/mol. The second-order valence-electron chi connectivity index (χ2n) is 6.45. The summed E-state index contributed by atoms with van der Waals surface area (Å²) in [7, 11) is 0. The third-order valence-corrected chi connectivity index (χ3v) is 4.61. The summed E-state index contributed by atoms with van der Waals surface area (Å²) in [4.78, 5) is 23.9. The quantitative estimate of drug-likeness (QED) is 0.797. The summed E-state index contributed by atoms with van der Waals surface area (Å²) in [5.41, 5.74) is 0. The highest BCUT2D eigenvalue weighted by Crippen LogP contribution is 2.38. The molecule has 1 aliphatic carbocycles. The van der Waals surface area contributed by atoms with E-state index in [0.717, 1.165) is 12.8 Å². The van der Waals surface area contributed by atoms with Crippen molar-refractivity contribution in [2.24, 2.45) is 23.7 Å². The number of cyclic esters (lactones) is 1. The van der Waals surface area contributed by atoms with Crippen LogP contribution in [0.2, 0.25) is 0 Å². The Bertz CT molecular complexity index is 353. The molecule has 4 nitrogen and oxygen atoms in total. The zero-order chi connectivity index (χ0) is 14.0. The molecule has 0 aromatic heterocycles. The molecule has 1 heterocycles. The van der Waals surface area contributed by atoms with Crippen molar-refractivity contribution in [3.05, 3.63) is 0 Å². The highest BCUT2D eigenvalue weighted by molar-refractivity contribution is 5.86. The molecule has 2 fully saturated rings. The number of amides is 1. The predicted octanol–water partition coefficient (Wildman–Crippen LogP) is 2.13. The van der Waals surface area contributed by atoms with Crippen LogP contribution in [-0.4, -0.2) is 24.5 Å². The van der Waals surface area contributed by atoms with Gasteiger partial charge in [-0.25, -0.2) is 4.79 Å². The van der Waals surface area contributed by atoms with Gasteiger partial charge in [-0.05, 0) is 30.6 Å². The number of carbonyl (C=O) groups is 2. The van der Waals surface area contributed by atoms with Gasteiger partial charge in [0.2, 0.25) is 5.91 Å². The summed E-state index contributed by atoms with van der Waals surface area (Å²) in [5.74, 6) is 1.37. The van der Waals surface area contributed by atoms with Crippen molar-refractivity contribution in [3.63, 3.8) is 0 Å². The van der Waals surface area contributed by atoms with Crippen LogP contribution in [0.4, 0.5) is 0 Å². The van der Waals surface area contributed by atoms with Crippen molar-refractivity contribution in [1.82, 2.24) is 5.32 Å². The summed E-state index contributed by atoms with van der Waals surface area (Å²) in [6.07, 6.45) is 3.87. The lowest BCUT2D eigenvalue weighted by Crippen LogP contribution is -2.45. The third kappa shape index (κ3) is 3.28. The van der Waals surface area contributed by atoms with Crippen molar-refractivity contribution in [2.75, 3.05) is 6.61 Å². The smallest absolute Gasteiger partial charge is 0.328 e. The molecule has 1 N–H and O–H groups in total. The standard InChI is InChI=1S/C15H25NO3/c1-9(2)11-5-4-10(3)8-12(11)14(17)16-13-6-7-19-15(13)18/h9-13H,4-8H2,1-3H3,(H,16,17)/t10-,11?,12?,13-/m1/s1. The highest BCUT2D eigenvalue weighted by Gasteiger charge is 2.37. The lowest BCUT2D eigenvalue weighted by molar-refractivity contribution is -0.142. The lowest BCUT2D eigenvalue weighted by atomic mass is 9.69. The lowest BCUT2D eigenvalue weighted by Gasteiger charge is -2.36. The fourth-order valence-electron chi connectivity index (χ4n) is 3.41. The second-order valence-corrected chi connectivity index (χ2v) is 6.45. The van der Waals surface area contributed by atoms with E-state index >= 15 is 0 Å². The summed E-state index contributed by atoms with van der Waals surface area (Å²) >= 11 is 0. The number of rotatable bonds is 3. The van der Waals surface area contributed by atoms with Crippen molar-refractivity contribution in [1.29, 1.82) is 0 Å². The van der Waals surface area contributed by atoms with E-state index in [1.807, 2.05) is 0 Å². The van der Waals surface area contributed by atoms with Gasteiger partial charge in [-0.1, -0.05) is 27.2 Å². The molecule has 1 saturated carbocycles. The van der Waals surface area contributed by atoms with Crippen molar-refractivity contribution in [3.8, 4) is 0 Å². The normalized spacial score (nSPS) is 35.3. The Morgan fingerprint density at radius 3 is 2.63 bits per heavy atom. The van der Waals surface area contributed by atoms with Gasteiger partial charge in [-0.2, -0.15) is 0 Å². The Balaban J connectivity index is 2.00. The minimum absolute atomic E-state index is 0.0501. The molecule has 1 aliphatic heterocycles. The molecule has 4 atom stereocenters. The van der Waals surface area contributed by atoms with Crippen LogP contribution in [0.5, 0.6) is 0 Å². The van der Waals surface area contributed by atoms with E-state index in [0.29, 0.717) is 30.8 Å². The van der Waals surface area contributed by atoms with Crippen LogP contribution in [0.1, 0.15) is 46.5 Å². The Hall–Kier alpha value is -1.06. The van der Waals surface area contributed by atoms with Crippen LogP contribution < -0.4 is 5.32 Å². The van der Waals surface area contributed by atoms with Crippen LogP contribution in [0.3, 0.4) is 0 Å². The van der Waals surface area contributed by atoms with Crippen LogP contribution in [-0.2, 0) is 14.3 Å². The van der Waals surface area contributed by atoms with Crippen molar-refractivity contribution >= 4 is 11.9 Å². The summed E-state index contributed by atoms with van der Waals surface area (Å²) in [5, 5.41) is 2.89. The molecular formula is C15H25NO3. The molecule has 0 aromatic carbocycles. The minimum atomic E-state index is -0.419. The molecule has 0 aromatic rings. The van der Waals surface area contributed by atoms with Gasteiger partial charge < -0.3 is 10.1 Å². The topological polar surface area (TPSA) is 55.4 Å². The molecule has 19 heavy (non-hydrogen) atoms. The highest BCUT2D eigenvalue weighted by atomic mass is 16.5.